The van der Waals surface area contributed by atoms with Gasteiger partial charge in [0.15, 0.2) is 0 Å². The van der Waals surface area contributed by atoms with Crippen molar-refractivity contribution in [1.29, 1.82) is 5.26 Å². The molecule has 2 aromatic rings. The SMILES string of the molecule is N#Cc1cnc2ccccc2c1NC1(CO)CCCC1. The Labute approximate surface area is 118 Å². The van der Waals surface area contributed by atoms with Crippen LogP contribution in [0.2, 0.25) is 0 Å². The predicted molar refractivity (Wildman–Crippen MR) is 78.4 cm³/mol. The third-order valence-corrected chi connectivity index (χ3v) is 4.15. The number of nitrogens with zero attached hydrogens (tertiary/aromatic N) is 2. The van der Waals surface area contributed by atoms with Crippen LogP contribution < -0.4 is 5.32 Å². The van der Waals surface area contributed by atoms with Crippen LogP contribution in [0.5, 0.6) is 0 Å². The Morgan fingerprint density at radius 2 is 2.05 bits per heavy atom. The molecule has 2 N–H and O–H groups in total. The van der Waals surface area contributed by atoms with Gasteiger partial charge < -0.3 is 10.4 Å². The molecular weight excluding hydrogens is 250 g/mol. The summed E-state index contributed by atoms with van der Waals surface area (Å²) in [7, 11) is 0. The fourth-order valence-electron chi connectivity index (χ4n) is 3.00. The molecule has 0 aliphatic heterocycles. The van der Waals surface area contributed by atoms with E-state index in [-0.39, 0.29) is 12.1 Å². The average Bonchev–Trinajstić information content (AvgIpc) is 2.97. The highest BCUT2D eigenvalue weighted by Gasteiger charge is 2.34. The van der Waals surface area contributed by atoms with E-state index in [0.29, 0.717) is 5.56 Å². The Bertz CT molecular complexity index is 669. The van der Waals surface area contributed by atoms with E-state index >= 15 is 0 Å². The van der Waals surface area contributed by atoms with Crippen molar-refractivity contribution in [3.8, 4) is 6.07 Å². The number of para-hydroxylation sites is 1. The van der Waals surface area contributed by atoms with Crippen molar-refractivity contribution in [3.05, 3.63) is 36.0 Å². The Kier molecular flexibility index (Phi) is 3.29. The number of aromatic nitrogens is 1. The monoisotopic (exact) mass is 267 g/mol. The van der Waals surface area contributed by atoms with E-state index < -0.39 is 0 Å². The number of hydrogen-bond donors (Lipinski definition) is 2. The summed E-state index contributed by atoms with van der Waals surface area (Å²) in [6, 6.07) is 9.97. The molecular formula is C16H17N3O. The molecule has 1 aliphatic carbocycles. The van der Waals surface area contributed by atoms with Gasteiger partial charge in [-0.25, -0.2) is 0 Å². The first-order valence-electron chi connectivity index (χ1n) is 6.95. The molecule has 1 heterocycles. The lowest BCUT2D eigenvalue weighted by atomic mass is 9.97. The number of fused-ring (bicyclic) bond motifs is 1. The van der Waals surface area contributed by atoms with Crippen molar-refractivity contribution in [2.75, 3.05) is 11.9 Å². The number of anilines is 1. The Morgan fingerprint density at radius 3 is 2.75 bits per heavy atom. The van der Waals surface area contributed by atoms with Gasteiger partial charge in [-0.2, -0.15) is 5.26 Å². The van der Waals surface area contributed by atoms with E-state index in [1.807, 2.05) is 24.3 Å². The van der Waals surface area contributed by atoms with Gasteiger partial charge in [0.1, 0.15) is 6.07 Å². The van der Waals surface area contributed by atoms with Crippen molar-refractivity contribution in [2.45, 2.75) is 31.2 Å². The van der Waals surface area contributed by atoms with Gasteiger partial charge in [0.25, 0.3) is 0 Å². The molecule has 0 unspecified atom stereocenters. The van der Waals surface area contributed by atoms with E-state index in [1.54, 1.807) is 6.20 Å². The van der Waals surface area contributed by atoms with Gasteiger partial charge in [-0.15, -0.1) is 0 Å². The fourth-order valence-corrected chi connectivity index (χ4v) is 3.00. The predicted octanol–water partition coefficient (Wildman–Crippen LogP) is 2.82. The summed E-state index contributed by atoms with van der Waals surface area (Å²) in [5.74, 6) is 0. The van der Waals surface area contributed by atoms with Crippen LogP contribution in [0.25, 0.3) is 10.9 Å². The van der Waals surface area contributed by atoms with Gasteiger partial charge in [-0.1, -0.05) is 31.0 Å². The van der Waals surface area contributed by atoms with Crippen LogP contribution >= 0.6 is 0 Å². The molecule has 4 nitrogen and oxygen atoms in total. The molecule has 0 bridgehead atoms. The highest BCUT2D eigenvalue weighted by atomic mass is 16.3. The number of nitrogens with one attached hydrogen (secondary N) is 1. The van der Waals surface area contributed by atoms with Crippen molar-refractivity contribution in [3.63, 3.8) is 0 Å². The minimum absolute atomic E-state index is 0.0918. The highest BCUT2D eigenvalue weighted by Crippen LogP contribution is 2.36. The second-order valence-corrected chi connectivity index (χ2v) is 5.45. The van der Waals surface area contributed by atoms with Crippen LogP contribution in [0.3, 0.4) is 0 Å². The van der Waals surface area contributed by atoms with Crippen molar-refractivity contribution < 1.29 is 5.11 Å². The number of rotatable bonds is 3. The fraction of sp³-hybridized carbons (Fsp3) is 0.375. The molecule has 0 saturated heterocycles. The minimum Gasteiger partial charge on any atom is -0.394 e. The summed E-state index contributed by atoms with van der Waals surface area (Å²) in [5, 5.41) is 23.5. The van der Waals surface area contributed by atoms with E-state index in [2.05, 4.69) is 16.4 Å². The van der Waals surface area contributed by atoms with Crippen molar-refractivity contribution >= 4 is 16.6 Å². The number of aliphatic hydroxyl groups excluding tert-OH is 1. The van der Waals surface area contributed by atoms with E-state index in [9.17, 15) is 10.4 Å². The standard InChI is InChI=1S/C16H17N3O/c17-9-12-10-18-14-6-2-1-5-13(14)15(12)19-16(11-20)7-3-4-8-16/h1-2,5-6,10,20H,3-4,7-8,11H2,(H,18,19). The van der Waals surface area contributed by atoms with Gasteiger partial charge in [-0.3, -0.25) is 4.98 Å². The van der Waals surface area contributed by atoms with Crippen LogP contribution in [0, 0.1) is 11.3 Å². The maximum atomic E-state index is 9.75. The molecule has 1 saturated carbocycles. The third kappa shape index (κ3) is 2.10. The number of hydrogen-bond acceptors (Lipinski definition) is 4. The smallest absolute Gasteiger partial charge is 0.103 e. The molecule has 102 valence electrons. The maximum absolute atomic E-state index is 9.75. The molecule has 1 aromatic carbocycles. The molecule has 0 spiro atoms. The van der Waals surface area contributed by atoms with Crippen LogP contribution in [-0.2, 0) is 0 Å². The lowest BCUT2D eigenvalue weighted by molar-refractivity contribution is 0.214. The zero-order valence-electron chi connectivity index (χ0n) is 11.3. The number of pyridine rings is 1. The molecule has 0 radical (unpaired) electrons. The number of benzene rings is 1. The summed E-state index contributed by atoms with van der Waals surface area (Å²) in [4.78, 5) is 4.31. The summed E-state index contributed by atoms with van der Waals surface area (Å²) < 4.78 is 0. The molecule has 0 amide bonds. The van der Waals surface area contributed by atoms with Crippen LogP contribution in [0.1, 0.15) is 31.2 Å². The molecule has 3 rings (SSSR count). The Balaban J connectivity index is 2.12. The number of nitriles is 1. The normalized spacial score (nSPS) is 17.0. The summed E-state index contributed by atoms with van der Waals surface area (Å²) >= 11 is 0. The number of aliphatic hydroxyl groups is 1. The van der Waals surface area contributed by atoms with Crippen LogP contribution in [0.4, 0.5) is 5.69 Å². The zero-order valence-corrected chi connectivity index (χ0v) is 11.3. The van der Waals surface area contributed by atoms with Crippen molar-refractivity contribution in [2.24, 2.45) is 0 Å². The zero-order chi connectivity index (χ0) is 14.0. The highest BCUT2D eigenvalue weighted by molar-refractivity contribution is 5.94. The topological polar surface area (TPSA) is 68.9 Å². The molecule has 1 aliphatic rings. The minimum atomic E-state index is -0.296. The first-order chi connectivity index (χ1) is 9.78. The quantitative estimate of drug-likeness (QED) is 0.897. The van der Waals surface area contributed by atoms with Gasteiger partial charge in [0.2, 0.25) is 0 Å². The molecule has 1 aromatic heterocycles. The Morgan fingerprint density at radius 1 is 1.30 bits per heavy atom. The maximum Gasteiger partial charge on any atom is 0.103 e. The first kappa shape index (κ1) is 12.9. The van der Waals surface area contributed by atoms with Gasteiger partial charge in [-0.05, 0) is 18.9 Å². The van der Waals surface area contributed by atoms with E-state index in [1.165, 1.54) is 0 Å². The lowest BCUT2D eigenvalue weighted by Gasteiger charge is -2.30. The second kappa shape index (κ2) is 5.10. The van der Waals surface area contributed by atoms with Crippen molar-refractivity contribution in [1.82, 2.24) is 4.98 Å². The average molecular weight is 267 g/mol. The summed E-state index contributed by atoms with van der Waals surface area (Å²) in [6.45, 7) is 0.0918. The van der Waals surface area contributed by atoms with Gasteiger partial charge >= 0.3 is 0 Å². The molecule has 1 fully saturated rings. The third-order valence-electron chi connectivity index (χ3n) is 4.15. The lowest BCUT2D eigenvalue weighted by Crippen LogP contribution is -2.39. The van der Waals surface area contributed by atoms with E-state index in [4.69, 9.17) is 0 Å². The first-order valence-corrected chi connectivity index (χ1v) is 6.95. The molecule has 4 heteroatoms. The molecule has 20 heavy (non-hydrogen) atoms. The largest absolute Gasteiger partial charge is 0.394 e. The summed E-state index contributed by atoms with van der Waals surface area (Å²) in [5.41, 5.74) is 1.90. The second-order valence-electron chi connectivity index (χ2n) is 5.45. The van der Waals surface area contributed by atoms with Crippen LogP contribution in [-0.4, -0.2) is 22.2 Å². The summed E-state index contributed by atoms with van der Waals surface area (Å²) in [6.07, 6.45) is 5.69. The van der Waals surface area contributed by atoms with E-state index in [0.717, 1.165) is 42.3 Å². The van der Waals surface area contributed by atoms with Crippen LogP contribution in [0.15, 0.2) is 30.5 Å². The van der Waals surface area contributed by atoms with Gasteiger partial charge in [0, 0.05) is 11.6 Å². The Hall–Kier alpha value is -2.12. The molecule has 0 atom stereocenters. The van der Waals surface area contributed by atoms with Gasteiger partial charge in [0.05, 0.1) is 28.9 Å².